The highest BCUT2D eigenvalue weighted by Crippen LogP contribution is 2.39. The zero-order valence-corrected chi connectivity index (χ0v) is 18.9. The number of carbonyl (C=O) groups is 3. The van der Waals surface area contributed by atoms with Crippen LogP contribution < -0.4 is 11.1 Å². The number of nitrogens with one attached hydrogen (secondary N) is 1. The van der Waals surface area contributed by atoms with E-state index in [0.29, 0.717) is 5.89 Å². The highest BCUT2D eigenvalue weighted by atomic mass is 19.3. The van der Waals surface area contributed by atoms with Crippen LogP contribution in [-0.4, -0.2) is 70.6 Å². The molecule has 184 valence electrons. The quantitative estimate of drug-likeness (QED) is 0.472. The molecule has 1 aromatic heterocycles. The van der Waals surface area contributed by atoms with Crippen molar-refractivity contribution in [2.45, 2.75) is 76.3 Å². The van der Waals surface area contributed by atoms with E-state index >= 15 is 0 Å². The number of primary amides is 1. The molecular formula is C21H31F2N5O5. The molecule has 3 atom stereocenters. The molecule has 1 aromatic rings. The van der Waals surface area contributed by atoms with Crippen molar-refractivity contribution in [2.24, 2.45) is 11.7 Å². The summed E-state index contributed by atoms with van der Waals surface area (Å²) < 4.78 is 40.0. The van der Waals surface area contributed by atoms with Crippen molar-refractivity contribution in [3.63, 3.8) is 0 Å². The first-order valence-corrected chi connectivity index (χ1v) is 11.4. The van der Waals surface area contributed by atoms with Crippen molar-refractivity contribution < 1.29 is 32.3 Å². The first-order chi connectivity index (χ1) is 15.7. The highest BCUT2D eigenvalue weighted by Gasteiger charge is 2.44. The molecule has 0 radical (unpaired) electrons. The lowest BCUT2D eigenvalue weighted by molar-refractivity contribution is -0.135. The normalized spacial score (nSPS) is 20.8. The van der Waals surface area contributed by atoms with E-state index in [1.54, 1.807) is 13.8 Å². The number of nitrogens with two attached hydrogens (primary N) is 1. The van der Waals surface area contributed by atoms with Gasteiger partial charge in [-0.2, -0.15) is 0 Å². The summed E-state index contributed by atoms with van der Waals surface area (Å²) in [4.78, 5) is 39.2. The van der Waals surface area contributed by atoms with E-state index in [4.69, 9.17) is 14.9 Å². The lowest BCUT2D eigenvalue weighted by Crippen LogP contribution is -2.58. The molecule has 1 aliphatic carbocycles. The zero-order chi connectivity index (χ0) is 24.2. The van der Waals surface area contributed by atoms with E-state index in [9.17, 15) is 23.2 Å². The first-order valence-electron chi connectivity index (χ1n) is 11.4. The minimum Gasteiger partial charge on any atom is -0.418 e. The Morgan fingerprint density at radius 1 is 1.27 bits per heavy atom. The van der Waals surface area contributed by atoms with Crippen LogP contribution in [0.15, 0.2) is 4.42 Å². The number of amides is 3. The Hall–Kier alpha value is -2.63. The molecule has 3 amide bonds. The number of ether oxygens (including phenoxy) is 1. The third kappa shape index (κ3) is 6.24. The van der Waals surface area contributed by atoms with Crippen LogP contribution >= 0.6 is 0 Å². The molecular weight excluding hydrogens is 440 g/mol. The number of halogens is 2. The summed E-state index contributed by atoms with van der Waals surface area (Å²) in [6.45, 7) is 3.46. The van der Waals surface area contributed by atoms with Crippen LogP contribution in [0.5, 0.6) is 0 Å². The zero-order valence-electron chi connectivity index (χ0n) is 18.9. The monoisotopic (exact) mass is 471 g/mol. The van der Waals surface area contributed by atoms with Crippen molar-refractivity contribution in [2.75, 3.05) is 19.8 Å². The van der Waals surface area contributed by atoms with Gasteiger partial charge in [-0.15, -0.1) is 10.2 Å². The van der Waals surface area contributed by atoms with E-state index in [1.165, 1.54) is 4.90 Å². The summed E-state index contributed by atoms with van der Waals surface area (Å²) in [5, 5.41) is 10.2. The van der Waals surface area contributed by atoms with Crippen LogP contribution in [0.1, 0.15) is 74.9 Å². The predicted molar refractivity (Wildman–Crippen MR) is 112 cm³/mol. The molecule has 10 nitrogen and oxygen atoms in total. The third-order valence-corrected chi connectivity index (χ3v) is 6.00. The summed E-state index contributed by atoms with van der Waals surface area (Å²) in [6, 6.07) is -2.84. The van der Waals surface area contributed by atoms with Crippen molar-refractivity contribution in [1.82, 2.24) is 20.4 Å². The molecule has 2 aliphatic rings. The maximum atomic E-state index is 14.6. The van der Waals surface area contributed by atoms with Gasteiger partial charge in [-0.25, -0.2) is 13.6 Å². The topological polar surface area (TPSA) is 141 Å². The SMILES string of the molecule is CCCC(F)(F)C[C@H](C(=O)N[C@@H](CC)C(=O)c1nnc(C2CC2)o1)C1COCCN1C(N)=O. The summed E-state index contributed by atoms with van der Waals surface area (Å²) in [7, 11) is 0. The molecule has 1 saturated heterocycles. The second kappa shape index (κ2) is 10.5. The summed E-state index contributed by atoms with van der Waals surface area (Å²) >= 11 is 0. The number of ketones is 1. The number of aromatic nitrogens is 2. The molecule has 2 fully saturated rings. The molecule has 0 aromatic carbocycles. The number of morpholine rings is 1. The lowest BCUT2D eigenvalue weighted by atomic mass is 9.88. The van der Waals surface area contributed by atoms with Crippen LogP contribution in [-0.2, 0) is 9.53 Å². The van der Waals surface area contributed by atoms with Crippen LogP contribution in [0.25, 0.3) is 0 Å². The molecule has 1 saturated carbocycles. The fourth-order valence-corrected chi connectivity index (χ4v) is 4.03. The van der Waals surface area contributed by atoms with Gasteiger partial charge >= 0.3 is 6.03 Å². The predicted octanol–water partition coefficient (Wildman–Crippen LogP) is 2.25. The van der Waals surface area contributed by atoms with Crippen LogP contribution in [0.3, 0.4) is 0 Å². The van der Waals surface area contributed by atoms with Gasteiger partial charge in [0.25, 0.3) is 5.89 Å². The molecule has 0 spiro atoms. The van der Waals surface area contributed by atoms with E-state index < -0.39 is 54.5 Å². The van der Waals surface area contributed by atoms with Gasteiger partial charge in [-0.3, -0.25) is 9.59 Å². The average molecular weight is 472 g/mol. The van der Waals surface area contributed by atoms with Gasteiger partial charge in [0.05, 0.1) is 31.2 Å². The number of hydrogen-bond acceptors (Lipinski definition) is 7. The minimum atomic E-state index is -3.14. The van der Waals surface area contributed by atoms with Gasteiger partial charge in [0.15, 0.2) is 0 Å². The largest absolute Gasteiger partial charge is 0.418 e. The number of nitrogens with zero attached hydrogens (tertiary/aromatic N) is 3. The van der Waals surface area contributed by atoms with E-state index in [2.05, 4.69) is 15.5 Å². The summed E-state index contributed by atoms with van der Waals surface area (Å²) in [5.74, 6) is -5.53. The maximum Gasteiger partial charge on any atom is 0.315 e. The van der Waals surface area contributed by atoms with Crippen molar-refractivity contribution in [1.29, 1.82) is 0 Å². The van der Waals surface area contributed by atoms with Gasteiger partial charge in [0.1, 0.15) is 0 Å². The fourth-order valence-electron chi connectivity index (χ4n) is 4.03. The van der Waals surface area contributed by atoms with Crippen LogP contribution in [0.4, 0.5) is 13.6 Å². The Morgan fingerprint density at radius 2 is 2.00 bits per heavy atom. The summed E-state index contributed by atoms with van der Waals surface area (Å²) in [6.07, 6.45) is 1.02. The Bertz CT molecular complexity index is 860. The number of rotatable bonds is 11. The molecule has 3 rings (SSSR count). The van der Waals surface area contributed by atoms with Crippen molar-refractivity contribution >= 4 is 17.7 Å². The number of Topliss-reactive ketones (excluding diaryl/α,β-unsaturated/α-hetero) is 1. The number of hydrogen-bond donors (Lipinski definition) is 2. The first kappa shape index (κ1) is 25.0. The van der Waals surface area contributed by atoms with Gasteiger partial charge in [-0.1, -0.05) is 20.3 Å². The van der Waals surface area contributed by atoms with Gasteiger partial charge in [0.2, 0.25) is 23.5 Å². The average Bonchev–Trinajstić information content (AvgIpc) is 3.51. The van der Waals surface area contributed by atoms with Crippen molar-refractivity contribution in [3.8, 4) is 0 Å². The standard InChI is InChI=1S/C21H31F2N5O5/c1-3-7-21(22,23)10-13(15-11-32-9-8-28(15)20(24)31)17(30)25-14(4-2)16(29)19-27-26-18(33-19)12-5-6-12/h12-15H,3-11H2,1-2H3,(H2,24,31)(H,25,30)/t13-,14-,15?/m0/s1. The number of carbonyl (C=O) groups excluding carboxylic acids is 3. The van der Waals surface area contributed by atoms with E-state index in [1.807, 2.05) is 0 Å². The lowest BCUT2D eigenvalue weighted by Gasteiger charge is -2.39. The van der Waals surface area contributed by atoms with Gasteiger partial charge in [0, 0.05) is 25.3 Å². The second-order valence-electron chi connectivity index (χ2n) is 8.64. The number of urea groups is 1. The minimum absolute atomic E-state index is 0.0885. The molecule has 1 aliphatic heterocycles. The smallest absolute Gasteiger partial charge is 0.315 e. The van der Waals surface area contributed by atoms with Crippen molar-refractivity contribution in [3.05, 3.63) is 11.8 Å². The van der Waals surface area contributed by atoms with Gasteiger partial charge < -0.3 is 25.1 Å². The number of alkyl halides is 2. The Kier molecular flexibility index (Phi) is 7.98. The van der Waals surface area contributed by atoms with Gasteiger partial charge in [-0.05, 0) is 19.3 Å². The molecule has 1 unspecified atom stereocenters. The maximum absolute atomic E-state index is 14.6. The van der Waals surface area contributed by atoms with Crippen LogP contribution in [0, 0.1) is 5.92 Å². The summed E-state index contributed by atoms with van der Waals surface area (Å²) in [5.41, 5.74) is 5.43. The highest BCUT2D eigenvalue weighted by molar-refractivity contribution is 5.98. The molecule has 3 N–H and O–H groups in total. The second-order valence-corrected chi connectivity index (χ2v) is 8.64. The Labute approximate surface area is 190 Å². The molecule has 12 heteroatoms. The molecule has 2 heterocycles. The van der Waals surface area contributed by atoms with E-state index in [0.717, 1.165) is 12.8 Å². The molecule has 33 heavy (non-hydrogen) atoms. The van der Waals surface area contributed by atoms with Crippen LogP contribution in [0.2, 0.25) is 0 Å². The molecule has 0 bridgehead atoms. The fraction of sp³-hybridized carbons (Fsp3) is 0.762. The third-order valence-electron chi connectivity index (χ3n) is 6.00. The Morgan fingerprint density at radius 3 is 2.61 bits per heavy atom. The van der Waals surface area contributed by atoms with E-state index in [-0.39, 0.29) is 44.4 Å². The Balaban J connectivity index is 1.79.